The number of amides is 1. The maximum Gasteiger partial charge on any atom is 0.253 e. The lowest BCUT2D eigenvalue weighted by Crippen LogP contribution is -2.54. The first-order chi connectivity index (χ1) is 18.9. The number of aliphatic imine (C=N–C) groups is 1. The fourth-order valence-corrected chi connectivity index (χ4v) is 4.82. The van der Waals surface area contributed by atoms with Gasteiger partial charge in [0.1, 0.15) is 5.75 Å². The lowest BCUT2D eigenvalue weighted by atomic mass is 9.82. The lowest BCUT2D eigenvalue weighted by Gasteiger charge is -2.32. The van der Waals surface area contributed by atoms with Crippen LogP contribution in [-0.2, 0) is 16.0 Å². The van der Waals surface area contributed by atoms with E-state index in [9.17, 15) is 15.0 Å². The van der Waals surface area contributed by atoms with Crippen LogP contribution in [0.25, 0.3) is 0 Å². The Morgan fingerprint density at radius 3 is 2.15 bits per heavy atom. The summed E-state index contributed by atoms with van der Waals surface area (Å²) >= 11 is 6.93. The van der Waals surface area contributed by atoms with Gasteiger partial charge in [0.25, 0.3) is 5.91 Å². The van der Waals surface area contributed by atoms with E-state index in [1.165, 1.54) is 0 Å². The third-order valence-electron chi connectivity index (χ3n) is 6.37. The molecule has 3 aromatic carbocycles. The number of nitrogens with one attached hydrogen (secondary N) is 1. The second-order valence-electron chi connectivity index (χ2n) is 9.18. The molecule has 0 fully saturated rings. The average molecular weight is 662 g/mol. The summed E-state index contributed by atoms with van der Waals surface area (Å²) in [6.45, 7) is -0.397. The van der Waals surface area contributed by atoms with E-state index in [1.54, 1.807) is 12.1 Å². The van der Waals surface area contributed by atoms with E-state index in [2.05, 4.69) is 37.2 Å². The molecule has 206 valence electrons. The number of carbonyl (C=O) groups is 1. The molecule has 0 saturated carbocycles. The van der Waals surface area contributed by atoms with E-state index in [-0.39, 0.29) is 13.0 Å². The highest BCUT2D eigenvalue weighted by atomic mass is 79.9. The van der Waals surface area contributed by atoms with Crippen LogP contribution in [-0.4, -0.2) is 65.1 Å². The molecule has 0 spiro atoms. The van der Waals surface area contributed by atoms with Crippen molar-refractivity contribution in [2.24, 2.45) is 4.99 Å². The molecule has 39 heavy (non-hydrogen) atoms. The van der Waals surface area contributed by atoms with Crippen molar-refractivity contribution in [3.05, 3.63) is 98.4 Å². The zero-order valence-electron chi connectivity index (χ0n) is 21.1. The predicted octanol–water partition coefficient (Wildman–Crippen LogP) is 3.94. The molecule has 1 amide bonds. The Morgan fingerprint density at radius 1 is 0.949 bits per heavy atom. The van der Waals surface area contributed by atoms with E-state index in [4.69, 9.17) is 19.6 Å². The van der Waals surface area contributed by atoms with Crippen LogP contribution in [0.5, 0.6) is 5.75 Å². The third kappa shape index (κ3) is 7.06. The van der Waals surface area contributed by atoms with Crippen LogP contribution in [0.3, 0.4) is 0 Å². The number of benzene rings is 3. The van der Waals surface area contributed by atoms with Crippen LogP contribution in [0.4, 0.5) is 0 Å². The smallest absolute Gasteiger partial charge is 0.253 e. The molecular weight excluding hydrogens is 632 g/mol. The summed E-state index contributed by atoms with van der Waals surface area (Å²) in [6.07, 6.45) is -0.0480. The lowest BCUT2D eigenvalue weighted by molar-refractivity contribution is -0.130. The van der Waals surface area contributed by atoms with E-state index in [0.717, 1.165) is 20.1 Å². The zero-order valence-corrected chi connectivity index (χ0v) is 24.3. The minimum absolute atomic E-state index is 0.0517. The number of nitrogens with zero attached hydrogens (tertiary/aromatic N) is 1. The Labute approximate surface area is 244 Å². The molecule has 0 aliphatic carbocycles. The Bertz CT molecular complexity index is 1260. The average Bonchev–Trinajstić information content (AvgIpc) is 3.34. The van der Waals surface area contributed by atoms with Crippen molar-refractivity contribution in [1.82, 2.24) is 5.32 Å². The number of halogens is 2. The number of aliphatic hydroxyl groups is 3. The minimum Gasteiger partial charge on any atom is -0.494 e. The van der Waals surface area contributed by atoms with Crippen molar-refractivity contribution in [2.75, 3.05) is 26.4 Å². The molecule has 4 rings (SSSR count). The van der Waals surface area contributed by atoms with Crippen molar-refractivity contribution in [3.63, 3.8) is 0 Å². The van der Waals surface area contributed by atoms with Gasteiger partial charge in [-0.2, -0.15) is 0 Å². The van der Waals surface area contributed by atoms with Crippen molar-refractivity contribution >= 4 is 43.7 Å². The molecule has 1 aliphatic rings. The Balaban J connectivity index is 1.78. The van der Waals surface area contributed by atoms with Crippen LogP contribution in [0.1, 0.15) is 29.2 Å². The van der Waals surface area contributed by atoms with E-state index < -0.39 is 36.8 Å². The highest BCUT2D eigenvalue weighted by Crippen LogP contribution is 2.43. The van der Waals surface area contributed by atoms with Gasteiger partial charge in [-0.25, -0.2) is 4.99 Å². The van der Waals surface area contributed by atoms with E-state index in [1.807, 2.05) is 60.7 Å². The van der Waals surface area contributed by atoms with Crippen molar-refractivity contribution in [3.8, 4) is 5.75 Å². The standard InChI is InChI=1S/C29H30Br2N2O6/c30-22-8-2-19(3-9-22)16-29(28(37)32-24(17-35)18-36)26(20-4-10-23(31)11-5-20)39-27(33-29)21-6-12-25(13-7-21)38-15-1-14-34/h2-13,24,26,34-36H,1,14-18H2,(H,32,37)/t26-,29-/m1/s1. The van der Waals surface area contributed by atoms with Gasteiger partial charge in [-0.1, -0.05) is 56.1 Å². The second-order valence-corrected chi connectivity index (χ2v) is 11.0. The Kier molecular flexibility index (Phi) is 10.1. The summed E-state index contributed by atoms with van der Waals surface area (Å²) < 4.78 is 13.9. The fourth-order valence-electron chi connectivity index (χ4n) is 4.29. The van der Waals surface area contributed by atoms with Crippen molar-refractivity contribution in [1.29, 1.82) is 0 Å². The number of hydrogen-bond acceptors (Lipinski definition) is 7. The number of rotatable bonds is 12. The van der Waals surface area contributed by atoms with Crippen LogP contribution in [0.2, 0.25) is 0 Å². The number of aliphatic hydroxyl groups excluding tert-OH is 3. The van der Waals surface area contributed by atoms with Crippen LogP contribution < -0.4 is 10.1 Å². The maximum absolute atomic E-state index is 14.0. The molecule has 0 unspecified atom stereocenters. The maximum atomic E-state index is 14.0. The molecule has 0 aromatic heterocycles. The van der Waals surface area contributed by atoms with Gasteiger partial charge in [0.2, 0.25) is 5.90 Å². The summed E-state index contributed by atoms with van der Waals surface area (Å²) in [4.78, 5) is 19.0. The molecule has 10 heteroatoms. The Hall–Kier alpha value is -2.76. The SMILES string of the molecule is O=C(NC(CO)CO)[C@]1(Cc2ccc(Br)cc2)N=C(c2ccc(OCCCO)cc2)O[C@@H]1c1ccc(Br)cc1. The molecule has 0 radical (unpaired) electrons. The fraction of sp³-hybridized carbons (Fsp3) is 0.310. The summed E-state index contributed by atoms with van der Waals surface area (Å²) in [6, 6.07) is 21.5. The first kappa shape index (κ1) is 29.2. The predicted molar refractivity (Wildman–Crippen MR) is 155 cm³/mol. The van der Waals surface area contributed by atoms with Gasteiger partial charge in [0, 0.05) is 34.0 Å². The van der Waals surface area contributed by atoms with Gasteiger partial charge >= 0.3 is 0 Å². The molecule has 0 saturated heterocycles. The van der Waals surface area contributed by atoms with Crippen LogP contribution in [0, 0.1) is 0 Å². The zero-order chi connectivity index (χ0) is 27.8. The van der Waals surface area contributed by atoms with Gasteiger partial charge < -0.3 is 30.1 Å². The molecule has 4 N–H and O–H groups in total. The quantitative estimate of drug-likeness (QED) is 0.218. The molecule has 1 heterocycles. The molecule has 8 nitrogen and oxygen atoms in total. The molecular formula is C29H30Br2N2O6. The van der Waals surface area contributed by atoms with E-state index >= 15 is 0 Å². The summed E-state index contributed by atoms with van der Waals surface area (Å²) in [5.41, 5.74) is 0.840. The number of hydrogen-bond donors (Lipinski definition) is 4. The van der Waals surface area contributed by atoms with Crippen LogP contribution in [0.15, 0.2) is 86.7 Å². The first-order valence-corrected chi connectivity index (χ1v) is 14.1. The molecule has 0 bridgehead atoms. The molecule has 2 atom stereocenters. The van der Waals surface area contributed by atoms with E-state index in [0.29, 0.717) is 30.2 Å². The molecule has 3 aromatic rings. The highest BCUT2D eigenvalue weighted by Gasteiger charge is 2.53. The molecule has 1 aliphatic heterocycles. The van der Waals surface area contributed by atoms with Gasteiger partial charge in [0.15, 0.2) is 11.6 Å². The summed E-state index contributed by atoms with van der Waals surface area (Å²) in [5, 5.41) is 31.1. The number of ether oxygens (including phenoxy) is 2. The van der Waals surface area contributed by atoms with Crippen molar-refractivity contribution < 1.29 is 29.6 Å². The monoisotopic (exact) mass is 660 g/mol. The second kappa shape index (κ2) is 13.5. The highest BCUT2D eigenvalue weighted by molar-refractivity contribution is 9.10. The minimum atomic E-state index is -1.43. The van der Waals surface area contributed by atoms with Gasteiger partial charge in [-0.05, 0) is 59.7 Å². The van der Waals surface area contributed by atoms with Gasteiger partial charge in [-0.3, -0.25) is 4.79 Å². The Morgan fingerprint density at radius 2 is 1.56 bits per heavy atom. The third-order valence-corrected chi connectivity index (χ3v) is 7.42. The van der Waals surface area contributed by atoms with Crippen LogP contribution >= 0.6 is 31.9 Å². The number of carbonyl (C=O) groups excluding carboxylic acids is 1. The normalized spacial score (nSPS) is 18.5. The summed E-state index contributed by atoms with van der Waals surface area (Å²) in [7, 11) is 0. The largest absolute Gasteiger partial charge is 0.494 e. The van der Waals surface area contributed by atoms with Gasteiger partial charge in [-0.15, -0.1) is 0 Å². The first-order valence-electron chi connectivity index (χ1n) is 12.5. The van der Waals surface area contributed by atoms with Crippen molar-refractivity contribution in [2.45, 2.75) is 30.5 Å². The topological polar surface area (TPSA) is 121 Å². The summed E-state index contributed by atoms with van der Waals surface area (Å²) in [5.74, 6) is 0.467. The van der Waals surface area contributed by atoms with Gasteiger partial charge in [0.05, 0.1) is 25.9 Å².